The fraction of sp³-hybridized carbons (Fsp3) is 0.308. The summed E-state index contributed by atoms with van der Waals surface area (Å²) >= 11 is 3.42. The Bertz CT molecular complexity index is 1260. The smallest absolute Gasteiger partial charge is 0.255 e. The molecule has 1 fully saturated rings. The summed E-state index contributed by atoms with van der Waals surface area (Å²) in [6.45, 7) is 0.864. The zero-order valence-corrected chi connectivity index (χ0v) is 20.2. The standard InChI is InChI=1S/C26H23BrF2N2O4/c1-14-22-18(11-12-30-14)25(34)23(32)20(24(33)31-13-19(28)29)21(15-5-3-2-4-6-15)26(25,35-22)16-7-9-17(27)10-8-16/h2-12,19-21,23,32,34H,13H2,1H3,(H,31,33). The zero-order chi connectivity index (χ0) is 25.0. The molecule has 9 heteroatoms. The van der Waals surface area contributed by atoms with Gasteiger partial charge in [0.15, 0.2) is 11.2 Å². The number of aliphatic hydroxyl groups excluding tert-OH is 1. The summed E-state index contributed by atoms with van der Waals surface area (Å²) in [5.74, 6) is -2.67. The van der Waals surface area contributed by atoms with E-state index in [0.717, 1.165) is 4.47 Å². The molecule has 0 bridgehead atoms. The fourth-order valence-electron chi connectivity index (χ4n) is 5.64. The van der Waals surface area contributed by atoms with Crippen molar-refractivity contribution < 1.29 is 28.5 Å². The Kier molecular flexibility index (Phi) is 5.89. The van der Waals surface area contributed by atoms with Gasteiger partial charge in [0.1, 0.15) is 11.9 Å². The van der Waals surface area contributed by atoms with Crippen LogP contribution in [0, 0.1) is 12.8 Å². The molecule has 0 radical (unpaired) electrons. The molecular formula is C26H23BrF2N2O4. The third-order valence-corrected chi connectivity index (χ3v) is 7.58. The van der Waals surface area contributed by atoms with Gasteiger partial charge in [-0.2, -0.15) is 0 Å². The molecule has 6 nitrogen and oxygen atoms in total. The fourth-order valence-corrected chi connectivity index (χ4v) is 5.91. The van der Waals surface area contributed by atoms with E-state index in [-0.39, 0.29) is 0 Å². The van der Waals surface area contributed by atoms with Crippen molar-refractivity contribution in [3.63, 3.8) is 0 Å². The second-order valence-electron chi connectivity index (χ2n) is 8.88. The predicted octanol–water partition coefficient (Wildman–Crippen LogP) is 3.78. The maximum atomic E-state index is 13.3. The van der Waals surface area contributed by atoms with Gasteiger partial charge in [0.25, 0.3) is 6.43 Å². The number of ether oxygens (including phenoxy) is 1. The van der Waals surface area contributed by atoms with E-state index in [1.54, 1.807) is 67.6 Å². The molecule has 3 N–H and O–H groups in total. The average Bonchev–Trinajstić information content (AvgIpc) is 3.23. The van der Waals surface area contributed by atoms with Crippen molar-refractivity contribution in [1.29, 1.82) is 0 Å². The Morgan fingerprint density at radius 3 is 2.51 bits per heavy atom. The van der Waals surface area contributed by atoms with Crippen molar-refractivity contribution in [2.45, 2.75) is 36.6 Å². The Hall–Kier alpha value is -2.88. The molecule has 1 aliphatic carbocycles. The third kappa shape index (κ3) is 3.40. The van der Waals surface area contributed by atoms with Gasteiger partial charge >= 0.3 is 0 Å². The number of hydrogen-bond acceptors (Lipinski definition) is 5. The Morgan fingerprint density at radius 2 is 1.86 bits per heavy atom. The molecule has 5 atom stereocenters. The molecule has 1 aromatic heterocycles. The van der Waals surface area contributed by atoms with Crippen LogP contribution < -0.4 is 10.1 Å². The summed E-state index contributed by atoms with van der Waals surface area (Å²) in [4.78, 5) is 17.6. The van der Waals surface area contributed by atoms with E-state index in [1.807, 2.05) is 0 Å². The number of halogens is 3. The van der Waals surface area contributed by atoms with E-state index in [1.165, 1.54) is 6.20 Å². The number of benzene rings is 2. The van der Waals surface area contributed by atoms with Crippen LogP contribution in [0.1, 0.15) is 28.3 Å². The lowest BCUT2D eigenvalue weighted by Crippen LogP contribution is -2.52. The summed E-state index contributed by atoms with van der Waals surface area (Å²) in [5.41, 5.74) is -1.77. The van der Waals surface area contributed by atoms with Gasteiger partial charge in [-0.15, -0.1) is 0 Å². The molecule has 5 rings (SSSR count). The van der Waals surface area contributed by atoms with E-state index in [0.29, 0.717) is 28.1 Å². The van der Waals surface area contributed by atoms with Crippen molar-refractivity contribution in [3.05, 3.63) is 93.7 Å². The minimum atomic E-state index is -2.76. The van der Waals surface area contributed by atoms with Gasteiger partial charge in [0.2, 0.25) is 5.91 Å². The quantitative estimate of drug-likeness (QED) is 0.454. The number of aromatic nitrogens is 1. The number of alkyl halides is 2. The first-order valence-corrected chi connectivity index (χ1v) is 11.9. The van der Waals surface area contributed by atoms with E-state index in [9.17, 15) is 23.8 Å². The van der Waals surface area contributed by atoms with Crippen LogP contribution in [0.3, 0.4) is 0 Å². The van der Waals surface area contributed by atoms with Crippen molar-refractivity contribution in [2.75, 3.05) is 6.54 Å². The number of pyridine rings is 1. The van der Waals surface area contributed by atoms with Gasteiger partial charge in [-0.05, 0) is 36.2 Å². The molecule has 1 aliphatic heterocycles. The summed E-state index contributed by atoms with van der Waals surface area (Å²) < 4.78 is 33.3. The summed E-state index contributed by atoms with van der Waals surface area (Å²) in [7, 11) is 0. The summed E-state index contributed by atoms with van der Waals surface area (Å²) in [5, 5.41) is 26.4. The molecule has 0 spiro atoms. The third-order valence-electron chi connectivity index (χ3n) is 7.05. The number of rotatable bonds is 5. The van der Waals surface area contributed by atoms with Crippen molar-refractivity contribution in [3.8, 4) is 5.75 Å². The summed E-state index contributed by atoms with van der Waals surface area (Å²) in [6.07, 6.45) is -2.93. The molecule has 1 amide bonds. The van der Waals surface area contributed by atoms with Gasteiger partial charge in [0, 0.05) is 22.2 Å². The van der Waals surface area contributed by atoms with Crippen LogP contribution in [0.5, 0.6) is 5.75 Å². The number of nitrogens with zero attached hydrogens (tertiary/aromatic N) is 1. The number of carbonyl (C=O) groups excluding carboxylic acids is 1. The number of amides is 1. The second-order valence-corrected chi connectivity index (χ2v) is 9.79. The van der Waals surface area contributed by atoms with Gasteiger partial charge < -0.3 is 20.3 Å². The van der Waals surface area contributed by atoms with E-state index in [2.05, 4.69) is 26.2 Å². The van der Waals surface area contributed by atoms with Gasteiger partial charge in [-0.1, -0.05) is 58.4 Å². The molecule has 5 unspecified atom stereocenters. The van der Waals surface area contributed by atoms with Crippen LogP contribution in [0.25, 0.3) is 0 Å². The van der Waals surface area contributed by atoms with Crippen molar-refractivity contribution in [2.24, 2.45) is 5.92 Å². The number of carbonyl (C=O) groups is 1. The first-order chi connectivity index (χ1) is 16.7. The highest BCUT2D eigenvalue weighted by molar-refractivity contribution is 9.10. The van der Waals surface area contributed by atoms with E-state index < -0.39 is 48.0 Å². The lowest BCUT2D eigenvalue weighted by atomic mass is 9.71. The largest absolute Gasteiger partial charge is 0.476 e. The average molecular weight is 545 g/mol. The lowest BCUT2D eigenvalue weighted by Gasteiger charge is -2.40. The van der Waals surface area contributed by atoms with E-state index >= 15 is 0 Å². The predicted molar refractivity (Wildman–Crippen MR) is 127 cm³/mol. The number of nitrogens with one attached hydrogen (secondary N) is 1. The molecule has 35 heavy (non-hydrogen) atoms. The van der Waals surface area contributed by atoms with Crippen LogP contribution in [0.2, 0.25) is 0 Å². The van der Waals surface area contributed by atoms with Crippen LogP contribution in [0.4, 0.5) is 8.78 Å². The van der Waals surface area contributed by atoms with Gasteiger partial charge in [0.05, 0.1) is 18.2 Å². The number of fused-ring (bicyclic) bond motifs is 3. The Balaban J connectivity index is 1.80. The van der Waals surface area contributed by atoms with Gasteiger partial charge in [-0.25, -0.2) is 8.78 Å². The minimum absolute atomic E-state index is 0.297. The molecule has 2 aromatic carbocycles. The maximum absolute atomic E-state index is 13.3. The molecule has 3 aromatic rings. The molecule has 1 saturated carbocycles. The normalized spacial score (nSPS) is 28.9. The Labute approximate surface area is 209 Å². The topological polar surface area (TPSA) is 91.7 Å². The summed E-state index contributed by atoms with van der Waals surface area (Å²) in [6, 6.07) is 17.5. The molecule has 0 saturated heterocycles. The van der Waals surface area contributed by atoms with Crippen molar-refractivity contribution in [1.82, 2.24) is 10.3 Å². The van der Waals surface area contributed by atoms with Crippen LogP contribution >= 0.6 is 15.9 Å². The first kappa shape index (κ1) is 23.8. The molecule has 182 valence electrons. The number of hydrogen-bond donors (Lipinski definition) is 3. The first-order valence-electron chi connectivity index (χ1n) is 11.1. The number of aryl methyl sites for hydroxylation is 1. The van der Waals surface area contributed by atoms with E-state index in [4.69, 9.17) is 4.74 Å². The van der Waals surface area contributed by atoms with Crippen LogP contribution in [-0.2, 0) is 16.0 Å². The Morgan fingerprint density at radius 1 is 1.17 bits per heavy atom. The molecular weight excluding hydrogens is 522 g/mol. The van der Waals surface area contributed by atoms with Crippen LogP contribution in [-0.4, -0.2) is 40.2 Å². The van der Waals surface area contributed by atoms with Gasteiger partial charge in [-0.3, -0.25) is 9.78 Å². The highest BCUT2D eigenvalue weighted by Crippen LogP contribution is 2.68. The number of aliphatic hydroxyl groups is 2. The molecule has 2 heterocycles. The second kappa shape index (κ2) is 8.65. The minimum Gasteiger partial charge on any atom is -0.476 e. The maximum Gasteiger partial charge on any atom is 0.255 e. The lowest BCUT2D eigenvalue weighted by molar-refractivity contribution is -0.154. The molecule has 2 aliphatic rings. The van der Waals surface area contributed by atoms with Crippen molar-refractivity contribution >= 4 is 21.8 Å². The zero-order valence-electron chi connectivity index (χ0n) is 18.7. The highest BCUT2D eigenvalue weighted by Gasteiger charge is 2.77. The SMILES string of the molecule is Cc1nccc2c1OC1(c3ccc(Br)cc3)C(c3ccccc3)C(C(=O)NCC(F)F)C(O)C21O. The highest BCUT2D eigenvalue weighted by atomic mass is 79.9. The van der Waals surface area contributed by atoms with Crippen LogP contribution in [0.15, 0.2) is 71.3 Å². The monoisotopic (exact) mass is 544 g/mol.